The van der Waals surface area contributed by atoms with Crippen LogP contribution in [-0.2, 0) is 4.79 Å². The summed E-state index contributed by atoms with van der Waals surface area (Å²) in [5, 5.41) is 7.42. The fraction of sp³-hybridized carbons (Fsp3) is 0.974. The van der Waals surface area contributed by atoms with Gasteiger partial charge in [-0.15, -0.1) is 0 Å². The van der Waals surface area contributed by atoms with Gasteiger partial charge in [0.05, 0.1) is 0 Å². The standard InChI is InChI=1S/3C12H25.C2H4O2.Pb/c3*1-3-5-7-9-11-12-10-8-6-4-2;1-2(3)4;/h3*1,3-12H2,2H3;1H3,(H,3,4);. The Bertz CT molecular complexity index is 406. The molecular weight excluding hydrogens is 696 g/mol. The molecule has 0 spiro atoms. The molecule has 0 rings (SSSR count). The monoisotopic (exact) mass is 776 g/mol. The van der Waals surface area contributed by atoms with Gasteiger partial charge in [-0.05, 0) is 0 Å². The van der Waals surface area contributed by atoms with E-state index in [0.29, 0.717) is 0 Å². The minimum atomic E-state index is -1.27. The molecule has 0 aromatic carbocycles. The van der Waals surface area contributed by atoms with Crippen LogP contribution in [0.4, 0.5) is 0 Å². The zero-order chi connectivity index (χ0) is 30.5. The Balaban J connectivity index is 0. The second-order valence-corrected chi connectivity index (χ2v) is 24.7. The molecule has 41 heavy (non-hydrogen) atoms. The summed E-state index contributed by atoms with van der Waals surface area (Å²) in [5.74, 6) is -0.833. The molecule has 0 fully saturated rings. The Labute approximate surface area is 269 Å². The molecule has 1 radical (unpaired) electrons. The van der Waals surface area contributed by atoms with Crippen LogP contribution in [0.15, 0.2) is 0 Å². The SMILES string of the molecule is CC(=O)O.CCCCCCCCCCC[CH2][Pb]([CH2]CCCCCCCCCCC)[CH2]CCCCCCCCCCC. The van der Waals surface area contributed by atoms with Crippen molar-refractivity contribution in [3.05, 3.63) is 0 Å². The van der Waals surface area contributed by atoms with E-state index in [1.165, 1.54) is 154 Å². The van der Waals surface area contributed by atoms with Crippen molar-refractivity contribution in [2.24, 2.45) is 0 Å². The van der Waals surface area contributed by atoms with Crippen LogP contribution in [-0.4, -0.2) is 33.8 Å². The number of hydrogen-bond donors (Lipinski definition) is 1. The molecule has 0 saturated heterocycles. The van der Waals surface area contributed by atoms with E-state index in [0.717, 1.165) is 6.92 Å². The third kappa shape index (κ3) is 45.0. The van der Waals surface area contributed by atoms with Gasteiger partial charge in [-0.25, -0.2) is 0 Å². The summed E-state index contributed by atoms with van der Waals surface area (Å²) < 4.78 is 5.24. The van der Waals surface area contributed by atoms with Crippen LogP contribution in [0.3, 0.4) is 0 Å². The van der Waals surface area contributed by atoms with Gasteiger partial charge in [-0.1, -0.05) is 0 Å². The number of carboxylic acid groups (broad SMARTS) is 1. The summed E-state index contributed by atoms with van der Waals surface area (Å²) in [6, 6.07) is 0. The molecule has 0 aliphatic heterocycles. The van der Waals surface area contributed by atoms with Gasteiger partial charge in [0.2, 0.25) is 0 Å². The second kappa shape index (κ2) is 40.4. The number of hydrogen-bond acceptors (Lipinski definition) is 1. The van der Waals surface area contributed by atoms with Gasteiger partial charge in [0.15, 0.2) is 0 Å². The van der Waals surface area contributed by atoms with Gasteiger partial charge >= 0.3 is 248 Å². The van der Waals surface area contributed by atoms with Crippen molar-refractivity contribution in [3.8, 4) is 0 Å². The molecule has 0 heterocycles. The van der Waals surface area contributed by atoms with Gasteiger partial charge in [-0.2, -0.15) is 0 Å². The molecule has 247 valence electrons. The van der Waals surface area contributed by atoms with Crippen molar-refractivity contribution in [1.29, 1.82) is 0 Å². The molecule has 0 aromatic heterocycles. The van der Waals surface area contributed by atoms with Crippen molar-refractivity contribution >= 4 is 28.7 Å². The van der Waals surface area contributed by atoms with Gasteiger partial charge in [0.1, 0.15) is 0 Å². The van der Waals surface area contributed by atoms with E-state index in [1.54, 1.807) is 50.5 Å². The topological polar surface area (TPSA) is 37.3 Å². The summed E-state index contributed by atoms with van der Waals surface area (Å²) >= 11 is -1.27. The predicted octanol–water partition coefficient (Wildman–Crippen LogP) is 14.3. The molecule has 0 unspecified atom stereocenters. The minimum absolute atomic E-state index is 0.833. The Kier molecular flexibility index (Phi) is 42.9. The van der Waals surface area contributed by atoms with Crippen molar-refractivity contribution < 1.29 is 9.90 Å². The Morgan fingerprint density at radius 1 is 0.366 bits per heavy atom. The maximum absolute atomic E-state index is 9.00. The molecule has 0 aliphatic carbocycles. The predicted molar refractivity (Wildman–Crippen MR) is 189 cm³/mol. The van der Waals surface area contributed by atoms with Crippen LogP contribution >= 0.6 is 0 Å². The number of carboxylic acids is 1. The average molecular weight is 775 g/mol. The third-order valence-corrected chi connectivity index (χ3v) is 21.0. The van der Waals surface area contributed by atoms with E-state index in [4.69, 9.17) is 9.90 Å². The summed E-state index contributed by atoms with van der Waals surface area (Å²) in [5.41, 5.74) is 0. The average Bonchev–Trinajstić information content (AvgIpc) is 2.95. The van der Waals surface area contributed by atoms with E-state index < -0.39 is 28.7 Å². The van der Waals surface area contributed by atoms with Crippen LogP contribution in [0.5, 0.6) is 0 Å². The first-order valence-corrected chi connectivity index (χ1v) is 27.4. The summed E-state index contributed by atoms with van der Waals surface area (Å²) in [7, 11) is 0. The first-order valence-electron chi connectivity index (χ1n) is 19.1. The molecule has 1 N–H and O–H groups in total. The van der Waals surface area contributed by atoms with Crippen molar-refractivity contribution in [2.75, 3.05) is 0 Å². The molecule has 0 aromatic rings. The van der Waals surface area contributed by atoms with E-state index in [-0.39, 0.29) is 0 Å². The first-order chi connectivity index (χ1) is 20.1. The molecule has 0 atom stereocenters. The quantitative estimate of drug-likeness (QED) is 0.0533. The maximum atomic E-state index is 9.00. The van der Waals surface area contributed by atoms with Crippen molar-refractivity contribution in [1.82, 2.24) is 0 Å². The molecule has 3 heteroatoms. The molecule has 0 aliphatic rings. The Hall–Kier alpha value is 0.392. The Morgan fingerprint density at radius 3 is 0.683 bits per heavy atom. The normalized spacial score (nSPS) is 11.1. The van der Waals surface area contributed by atoms with E-state index in [9.17, 15) is 0 Å². The molecular formula is C38H79O2Pb. The number of carbonyl (C=O) groups is 1. The fourth-order valence-electron chi connectivity index (χ4n) is 5.96. The summed E-state index contributed by atoms with van der Waals surface area (Å²) in [6.45, 7) is 8.06. The van der Waals surface area contributed by atoms with E-state index >= 15 is 0 Å². The Morgan fingerprint density at radius 2 is 0.512 bits per heavy atom. The van der Waals surface area contributed by atoms with Crippen LogP contribution in [0.2, 0.25) is 11.9 Å². The molecule has 0 saturated carbocycles. The van der Waals surface area contributed by atoms with Crippen LogP contribution in [0.25, 0.3) is 0 Å². The third-order valence-electron chi connectivity index (χ3n) is 8.65. The zero-order valence-electron chi connectivity index (χ0n) is 29.2. The summed E-state index contributed by atoms with van der Waals surface area (Å²) in [4.78, 5) is 9.00. The first kappa shape index (κ1) is 43.5. The van der Waals surface area contributed by atoms with Gasteiger partial charge in [0.25, 0.3) is 5.97 Å². The number of aliphatic carboxylic acids is 1. The number of unbranched alkanes of at least 4 members (excludes halogenated alkanes) is 27. The molecule has 0 amide bonds. The van der Waals surface area contributed by atoms with Gasteiger partial charge < -0.3 is 5.11 Å². The van der Waals surface area contributed by atoms with Crippen LogP contribution in [0.1, 0.15) is 220 Å². The van der Waals surface area contributed by atoms with E-state index in [1.807, 2.05) is 0 Å². The molecule has 2 nitrogen and oxygen atoms in total. The fourth-order valence-corrected chi connectivity index (χ4v) is 17.6. The van der Waals surface area contributed by atoms with Gasteiger partial charge in [-0.3, -0.25) is 4.79 Å². The van der Waals surface area contributed by atoms with Crippen LogP contribution in [0, 0.1) is 0 Å². The summed E-state index contributed by atoms with van der Waals surface area (Å²) in [6.07, 6.45) is 45.0. The van der Waals surface area contributed by atoms with Gasteiger partial charge in [0, 0.05) is 6.92 Å². The van der Waals surface area contributed by atoms with Crippen molar-refractivity contribution in [2.45, 2.75) is 232 Å². The van der Waals surface area contributed by atoms with Crippen LogP contribution < -0.4 is 0 Å². The number of rotatable bonds is 33. The van der Waals surface area contributed by atoms with Crippen molar-refractivity contribution in [3.63, 3.8) is 0 Å². The van der Waals surface area contributed by atoms with E-state index in [2.05, 4.69) is 20.8 Å². The zero-order valence-corrected chi connectivity index (χ0v) is 33.1. The molecule has 0 bridgehead atoms. The second-order valence-electron chi connectivity index (χ2n) is 13.1.